The van der Waals surface area contributed by atoms with Gasteiger partial charge in [-0.15, -0.1) is 11.3 Å². The molecule has 0 spiro atoms. The first-order chi connectivity index (χ1) is 11.6. The molecular formula is C18H22N2O3S. The molecule has 0 aliphatic carbocycles. The van der Waals surface area contributed by atoms with Gasteiger partial charge < -0.3 is 14.4 Å². The van der Waals surface area contributed by atoms with Crippen LogP contribution < -0.4 is 4.74 Å². The highest BCUT2D eigenvalue weighted by Crippen LogP contribution is 2.26. The minimum atomic E-state index is -0.115. The number of ether oxygens (including phenoxy) is 2. The number of carbonyl (C=O) groups is 1. The van der Waals surface area contributed by atoms with Crippen LogP contribution >= 0.6 is 11.3 Å². The van der Waals surface area contributed by atoms with Gasteiger partial charge in [-0.05, 0) is 31.5 Å². The molecule has 0 bridgehead atoms. The first-order valence-electron chi connectivity index (χ1n) is 8.03. The van der Waals surface area contributed by atoms with E-state index in [1.807, 2.05) is 43.0 Å². The Morgan fingerprint density at radius 2 is 2.29 bits per heavy atom. The quantitative estimate of drug-likeness (QED) is 0.854. The lowest BCUT2D eigenvalue weighted by atomic mass is 10.1. The number of hydrogen-bond donors (Lipinski definition) is 0. The van der Waals surface area contributed by atoms with Gasteiger partial charge in [-0.25, -0.2) is 4.98 Å². The molecule has 24 heavy (non-hydrogen) atoms. The summed E-state index contributed by atoms with van der Waals surface area (Å²) in [4.78, 5) is 20.1. The highest BCUT2D eigenvalue weighted by Gasteiger charge is 2.26. The third kappa shape index (κ3) is 3.76. The van der Waals surface area contributed by atoms with Crippen molar-refractivity contribution in [2.75, 3.05) is 26.8 Å². The molecular weight excluding hydrogens is 324 g/mol. The van der Waals surface area contributed by atoms with Crippen LogP contribution in [0.5, 0.6) is 5.75 Å². The van der Waals surface area contributed by atoms with Crippen LogP contribution in [-0.2, 0) is 16.0 Å². The van der Waals surface area contributed by atoms with Crippen molar-refractivity contribution in [3.8, 4) is 5.75 Å². The van der Waals surface area contributed by atoms with E-state index in [9.17, 15) is 4.79 Å². The number of nitrogens with zero attached hydrogens (tertiary/aromatic N) is 2. The monoisotopic (exact) mass is 346 g/mol. The second-order valence-electron chi connectivity index (χ2n) is 5.89. The Balaban J connectivity index is 1.68. The molecule has 1 aliphatic rings. The van der Waals surface area contributed by atoms with Gasteiger partial charge in [-0.3, -0.25) is 4.79 Å². The SMILES string of the molecule is COc1cccc(C2CN(C(=O)Cc3nc(C)sc3C)CCO2)c1. The van der Waals surface area contributed by atoms with Crippen molar-refractivity contribution >= 4 is 17.2 Å². The minimum absolute atomic E-state index is 0.111. The fourth-order valence-corrected chi connectivity index (χ4v) is 3.74. The van der Waals surface area contributed by atoms with Gasteiger partial charge in [0, 0.05) is 11.4 Å². The van der Waals surface area contributed by atoms with Crippen LogP contribution in [0.4, 0.5) is 0 Å². The maximum absolute atomic E-state index is 12.6. The van der Waals surface area contributed by atoms with E-state index in [4.69, 9.17) is 9.47 Å². The van der Waals surface area contributed by atoms with Crippen LogP contribution in [0.3, 0.4) is 0 Å². The van der Waals surface area contributed by atoms with Crippen molar-refractivity contribution in [2.24, 2.45) is 0 Å². The number of benzene rings is 1. The van der Waals surface area contributed by atoms with E-state index in [-0.39, 0.29) is 12.0 Å². The average molecular weight is 346 g/mol. The average Bonchev–Trinajstić information content (AvgIpc) is 2.92. The van der Waals surface area contributed by atoms with Crippen LogP contribution in [0.2, 0.25) is 0 Å². The Labute approximate surface area is 146 Å². The standard InChI is InChI=1S/C18H22N2O3S/c1-12-16(19-13(2)24-12)10-18(21)20-7-8-23-17(11-20)14-5-4-6-15(9-14)22-3/h4-6,9,17H,7-8,10-11H2,1-3H3. The third-order valence-corrected chi connectivity index (χ3v) is 5.13. The molecule has 1 aromatic heterocycles. The molecule has 2 heterocycles. The van der Waals surface area contributed by atoms with Gasteiger partial charge in [0.05, 0.1) is 37.4 Å². The van der Waals surface area contributed by atoms with E-state index in [0.717, 1.165) is 26.9 Å². The predicted octanol–water partition coefficient (Wildman–Crippen LogP) is 2.91. The fraction of sp³-hybridized carbons (Fsp3) is 0.444. The second kappa shape index (κ2) is 7.32. The van der Waals surface area contributed by atoms with Crippen LogP contribution in [0.15, 0.2) is 24.3 Å². The zero-order valence-corrected chi connectivity index (χ0v) is 15.1. The predicted molar refractivity (Wildman–Crippen MR) is 93.6 cm³/mol. The molecule has 3 rings (SSSR count). The maximum atomic E-state index is 12.6. The van der Waals surface area contributed by atoms with E-state index in [1.165, 1.54) is 0 Å². The second-order valence-corrected chi connectivity index (χ2v) is 7.30. The van der Waals surface area contributed by atoms with Gasteiger partial charge in [0.2, 0.25) is 5.91 Å². The Bertz CT molecular complexity index is 729. The molecule has 1 saturated heterocycles. The maximum Gasteiger partial charge on any atom is 0.228 e. The number of hydrogen-bond acceptors (Lipinski definition) is 5. The molecule has 1 atom stereocenters. The minimum Gasteiger partial charge on any atom is -0.497 e. The van der Waals surface area contributed by atoms with Crippen molar-refractivity contribution in [3.63, 3.8) is 0 Å². The van der Waals surface area contributed by atoms with Gasteiger partial charge in [-0.1, -0.05) is 12.1 Å². The Morgan fingerprint density at radius 1 is 1.46 bits per heavy atom. The summed E-state index contributed by atoms with van der Waals surface area (Å²) >= 11 is 1.64. The molecule has 0 radical (unpaired) electrons. The van der Waals surface area contributed by atoms with Gasteiger partial charge in [0.15, 0.2) is 0 Å². The first kappa shape index (κ1) is 16.9. The van der Waals surface area contributed by atoms with Crippen LogP contribution in [0.1, 0.15) is 27.2 Å². The number of carbonyl (C=O) groups excluding carboxylic acids is 1. The Kier molecular flexibility index (Phi) is 5.16. The summed E-state index contributed by atoms with van der Waals surface area (Å²) in [5.41, 5.74) is 1.93. The molecule has 2 aromatic rings. The molecule has 6 heteroatoms. The number of amides is 1. The zero-order valence-electron chi connectivity index (χ0n) is 14.2. The summed E-state index contributed by atoms with van der Waals surface area (Å²) in [6.07, 6.45) is 0.247. The molecule has 1 aliphatic heterocycles. The molecule has 1 fully saturated rings. The Morgan fingerprint density at radius 3 is 3.00 bits per heavy atom. The highest BCUT2D eigenvalue weighted by atomic mass is 32.1. The lowest BCUT2D eigenvalue weighted by Crippen LogP contribution is -2.43. The van der Waals surface area contributed by atoms with Gasteiger partial charge >= 0.3 is 0 Å². The molecule has 128 valence electrons. The summed E-state index contributed by atoms with van der Waals surface area (Å²) in [7, 11) is 1.65. The summed E-state index contributed by atoms with van der Waals surface area (Å²) < 4.78 is 11.1. The smallest absolute Gasteiger partial charge is 0.228 e. The topological polar surface area (TPSA) is 51.7 Å². The number of methoxy groups -OCH3 is 1. The van der Waals surface area contributed by atoms with Crippen LogP contribution in [0.25, 0.3) is 0 Å². The fourth-order valence-electron chi connectivity index (χ4n) is 2.91. The molecule has 1 amide bonds. The van der Waals surface area contributed by atoms with E-state index in [1.54, 1.807) is 18.4 Å². The lowest BCUT2D eigenvalue weighted by Gasteiger charge is -2.33. The number of morpholine rings is 1. The molecule has 1 aromatic carbocycles. The summed E-state index contributed by atoms with van der Waals surface area (Å²) in [5.74, 6) is 0.910. The van der Waals surface area contributed by atoms with E-state index >= 15 is 0 Å². The van der Waals surface area contributed by atoms with Crippen LogP contribution in [-0.4, -0.2) is 42.6 Å². The van der Waals surface area contributed by atoms with Crippen molar-refractivity contribution in [1.82, 2.24) is 9.88 Å². The summed E-state index contributed by atoms with van der Waals surface area (Å²) in [6, 6.07) is 7.82. The number of aromatic nitrogens is 1. The van der Waals surface area contributed by atoms with Crippen LogP contribution in [0, 0.1) is 13.8 Å². The summed E-state index contributed by atoms with van der Waals surface area (Å²) in [6.45, 7) is 5.73. The lowest BCUT2D eigenvalue weighted by molar-refractivity contribution is -0.138. The first-order valence-corrected chi connectivity index (χ1v) is 8.84. The molecule has 5 nitrogen and oxygen atoms in total. The number of thiazole rings is 1. The van der Waals surface area contributed by atoms with Crippen molar-refractivity contribution < 1.29 is 14.3 Å². The van der Waals surface area contributed by atoms with Crippen molar-refractivity contribution in [3.05, 3.63) is 45.4 Å². The summed E-state index contributed by atoms with van der Waals surface area (Å²) in [5, 5.41) is 1.01. The van der Waals surface area contributed by atoms with E-state index in [2.05, 4.69) is 4.98 Å². The highest BCUT2D eigenvalue weighted by molar-refractivity contribution is 7.11. The molecule has 0 N–H and O–H groups in total. The normalized spacial score (nSPS) is 17.8. The number of aryl methyl sites for hydroxylation is 2. The molecule has 1 unspecified atom stereocenters. The molecule has 0 saturated carbocycles. The van der Waals surface area contributed by atoms with E-state index < -0.39 is 0 Å². The van der Waals surface area contributed by atoms with E-state index in [0.29, 0.717) is 26.1 Å². The van der Waals surface area contributed by atoms with Crippen molar-refractivity contribution in [1.29, 1.82) is 0 Å². The zero-order chi connectivity index (χ0) is 17.1. The van der Waals surface area contributed by atoms with Gasteiger partial charge in [-0.2, -0.15) is 0 Å². The van der Waals surface area contributed by atoms with Crippen molar-refractivity contribution in [2.45, 2.75) is 26.4 Å². The van der Waals surface area contributed by atoms with Gasteiger partial charge in [0.25, 0.3) is 0 Å². The Hall–Kier alpha value is -1.92. The third-order valence-electron chi connectivity index (χ3n) is 4.20. The number of rotatable bonds is 4. The van der Waals surface area contributed by atoms with Gasteiger partial charge in [0.1, 0.15) is 11.9 Å². The largest absolute Gasteiger partial charge is 0.497 e.